The second kappa shape index (κ2) is 2.51. The number of ketones is 1. The van der Waals surface area contributed by atoms with Gasteiger partial charge in [0.25, 0.3) is 0 Å². The Bertz CT molecular complexity index is 103. The molecule has 1 fully saturated rings. The SMILES string of the molecule is COC1SCCC1=O. The van der Waals surface area contributed by atoms with Gasteiger partial charge in [-0.25, -0.2) is 0 Å². The Morgan fingerprint density at radius 3 is 2.88 bits per heavy atom. The number of methoxy groups -OCH3 is 1. The van der Waals surface area contributed by atoms with Crippen LogP contribution in [0, 0.1) is 0 Å². The number of thioether (sulfide) groups is 1. The van der Waals surface area contributed by atoms with Crippen molar-refractivity contribution >= 4 is 17.5 Å². The third-order valence-corrected chi connectivity index (χ3v) is 2.29. The molecule has 3 heteroatoms. The molecule has 0 N–H and O–H groups in total. The molecular weight excluding hydrogens is 124 g/mol. The predicted molar refractivity (Wildman–Crippen MR) is 32.9 cm³/mol. The molecule has 46 valence electrons. The van der Waals surface area contributed by atoms with E-state index in [9.17, 15) is 4.79 Å². The van der Waals surface area contributed by atoms with Crippen LogP contribution >= 0.6 is 11.8 Å². The van der Waals surface area contributed by atoms with Crippen LogP contribution in [0.5, 0.6) is 0 Å². The van der Waals surface area contributed by atoms with Crippen LogP contribution < -0.4 is 0 Å². The molecule has 1 atom stereocenters. The number of rotatable bonds is 1. The van der Waals surface area contributed by atoms with Gasteiger partial charge in [-0.1, -0.05) is 0 Å². The number of Topliss-reactive ketones (excluding diaryl/α,β-unsaturated/α-hetero) is 1. The van der Waals surface area contributed by atoms with Crippen LogP contribution in [0.4, 0.5) is 0 Å². The number of ether oxygens (including phenoxy) is 1. The smallest absolute Gasteiger partial charge is 0.172 e. The molecule has 0 radical (unpaired) electrons. The fourth-order valence-corrected chi connectivity index (χ4v) is 1.65. The molecule has 2 nitrogen and oxygen atoms in total. The summed E-state index contributed by atoms with van der Waals surface area (Å²) in [7, 11) is 1.57. The summed E-state index contributed by atoms with van der Waals surface area (Å²) >= 11 is 1.58. The summed E-state index contributed by atoms with van der Waals surface area (Å²) in [5, 5.41) is 0. The third kappa shape index (κ3) is 1.03. The average Bonchev–Trinajstić information content (AvgIpc) is 2.14. The summed E-state index contributed by atoms with van der Waals surface area (Å²) in [5.74, 6) is 1.16. The Hall–Kier alpha value is -0.0200. The van der Waals surface area contributed by atoms with E-state index in [1.807, 2.05) is 0 Å². The molecule has 0 aromatic heterocycles. The van der Waals surface area contributed by atoms with E-state index in [0.29, 0.717) is 6.42 Å². The number of carbonyl (C=O) groups is 1. The fraction of sp³-hybridized carbons (Fsp3) is 0.800. The van der Waals surface area contributed by atoms with E-state index in [1.165, 1.54) is 0 Å². The summed E-state index contributed by atoms with van der Waals surface area (Å²) < 4.78 is 4.84. The second-order valence-corrected chi connectivity index (χ2v) is 2.82. The summed E-state index contributed by atoms with van der Waals surface area (Å²) in [5.41, 5.74) is -0.157. The lowest BCUT2D eigenvalue weighted by Gasteiger charge is -2.00. The normalized spacial score (nSPS) is 29.1. The highest BCUT2D eigenvalue weighted by Crippen LogP contribution is 2.22. The van der Waals surface area contributed by atoms with Gasteiger partial charge in [0.15, 0.2) is 11.2 Å². The zero-order chi connectivity index (χ0) is 5.98. The van der Waals surface area contributed by atoms with Gasteiger partial charge in [0.05, 0.1) is 0 Å². The molecule has 0 aromatic rings. The van der Waals surface area contributed by atoms with Gasteiger partial charge in [0.1, 0.15) is 0 Å². The number of carbonyl (C=O) groups excluding carboxylic acids is 1. The van der Waals surface area contributed by atoms with Gasteiger partial charge in [0, 0.05) is 19.3 Å². The van der Waals surface area contributed by atoms with Crippen LogP contribution in [0.25, 0.3) is 0 Å². The quantitative estimate of drug-likeness (QED) is 0.524. The molecule has 0 spiro atoms. The Morgan fingerprint density at radius 2 is 2.62 bits per heavy atom. The predicted octanol–water partition coefficient (Wildman–Crippen LogP) is 0.665. The van der Waals surface area contributed by atoms with Gasteiger partial charge < -0.3 is 4.74 Å². The first kappa shape index (κ1) is 6.11. The van der Waals surface area contributed by atoms with Crippen molar-refractivity contribution in [2.75, 3.05) is 12.9 Å². The molecule has 1 saturated heterocycles. The van der Waals surface area contributed by atoms with E-state index in [-0.39, 0.29) is 11.2 Å². The largest absolute Gasteiger partial charge is 0.363 e. The van der Waals surface area contributed by atoms with E-state index in [0.717, 1.165) is 5.75 Å². The zero-order valence-corrected chi connectivity index (χ0v) is 5.53. The first-order valence-corrected chi connectivity index (χ1v) is 3.56. The molecule has 1 heterocycles. The number of hydrogen-bond donors (Lipinski definition) is 0. The maximum Gasteiger partial charge on any atom is 0.172 e. The molecule has 0 aliphatic carbocycles. The molecule has 0 amide bonds. The summed E-state index contributed by atoms with van der Waals surface area (Å²) in [6, 6.07) is 0. The average molecular weight is 132 g/mol. The summed E-state index contributed by atoms with van der Waals surface area (Å²) in [6.45, 7) is 0. The minimum absolute atomic E-state index is 0.157. The van der Waals surface area contributed by atoms with Crippen LogP contribution in [0.3, 0.4) is 0 Å². The summed E-state index contributed by atoms with van der Waals surface area (Å²) in [6.07, 6.45) is 0.684. The molecule has 0 aromatic carbocycles. The lowest BCUT2D eigenvalue weighted by atomic mass is 10.3. The van der Waals surface area contributed by atoms with Crippen molar-refractivity contribution in [2.24, 2.45) is 0 Å². The zero-order valence-electron chi connectivity index (χ0n) is 4.72. The standard InChI is InChI=1S/C5H8O2S/c1-7-5-4(6)2-3-8-5/h5H,2-3H2,1H3. The molecule has 1 aliphatic rings. The van der Waals surface area contributed by atoms with E-state index in [2.05, 4.69) is 0 Å². The molecule has 8 heavy (non-hydrogen) atoms. The maximum absolute atomic E-state index is 10.7. The molecule has 0 bridgehead atoms. The topological polar surface area (TPSA) is 26.3 Å². The van der Waals surface area contributed by atoms with Crippen molar-refractivity contribution in [3.8, 4) is 0 Å². The Labute approximate surface area is 52.6 Å². The molecule has 1 rings (SSSR count). The second-order valence-electron chi connectivity index (χ2n) is 1.65. The minimum atomic E-state index is -0.157. The van der Waals surface area contributed by atoms with E-state index in [1.54, 1.807) is 18.9 Å². The first-order valence-electron chi connectivity index (χ1n) is 2.51. The van der Waals surface area contributed by atoms with Crippen LogP contribution in [0.2, 0.25) is 0 Å². The van der Waals surface area contributed by atoms with Crippen LogP contribution in [0.15, 0.2) is 0 Å². The Morgan fingerprint density at radius 1 is 1.88 bits per heavy atom. The fourth-order valence-electron chi connectivity index (χ4n) is 0.677. The van der Waals surface area contributed by atoms with Crippen molar-refractivity contribution in [3.63, 3.8) is 0 Å². The van der Waals surface area contributed by atoms with Gasteiger partial charge in [-0.05, 0) is 0 Å². The monoisotopic (exact) mass is 132 g/mol. The highest BCUT2D eigenvalue weighted by atomic mass is 32.2. The van der Waals surface area contributed by atoms with Crippen LogP contribution in [0.1, 0.15) is 6.42 Å². The van der Waals surface area contributed by atoms with Crippen molar-refractivity contribution in [1.82, 2.24) is 0 Å². The van der Waals surface area contributed by atoms with Gasteiger partial charge >= 0.3 is 0 Å². The summed E-state index contributed by atoms with van der Waals surface area (Å²) in [4.78, 5) is 10.7. The molecule has 1 aliphatic heterocycles. The van der Waals surface area contributed by atoms with Crippen LogP contribution in [-0.4, -0.2) is 24.1 Å². The number of hydrogen-bond acceptors (Lipinski definition) is 3. The first-order chi connectivity index (χ1) is 3.84. The van der Waals surface area contributed by atoms with E-state index < -0.39 is 0 Å². The van der Waals surface area contributed by atoms with Gasteiger partial charge in [-0.15, -0.1) is 11.8 Å². The van der Waals surface area contributed by atoms with Crippen molar-refractivity contribution in [1.29, 1.82) is 0 Å². The van der Waals surface area contributed by atoms with Crippen molar-refractivity contribution < 1.29 is 9.53 Å². The highest BCUT2D eigenvalue weighted by molar-refractivity contribution is 8.00. The van der Waals surface area contributed by atoms with Crippen molar-refractivity contribution in [2.45, 2.75) is 11.9 Å². The minimum Gasteiger partial charge on any atom is -0.363 e. The molecule has 0 saturated carbocycles. The van der Waals surface area contributed by atoms with Crippen LogP contribution in [-0.2, 0) is 9.53 Å². The van der Waals surface area contributed by atoms with Gasteiger partial charge in [0.2, 0.25) is 0 Å². The van der Waals surface area contributed by atoms with Gasteiger partial charge in [-0.3, -0.25) is 4.79 Å². The maximum atomic E-state index is 10.7. The highest BCUT2D eigenvalue weighted by Gasteiger charge is 2.23. The molecular formula is C5H8O2S. The Kier molecular flexibility index (Phi) is 1.91. The molecule has 1 unspecified atom stereocenters. The third-order valence-electron chi connectivity index (χ3n) is 1.09. The van der Waals surface area contributed by atoms with E-state index in [4.69, 9.17) is 4.74 Å². The van der Waals surface area contributed by atoms with Crippen molar-refractivity contribution in [3.05, 3.63) is 0 Å². The van der Waals surface area contributed by atoms with Gasteiger partial charge in [-0.2, -0.15) is 0 Å². The van der Waals surface area contributed by atoms with E-state index >= 15 is 0 Å². The Balaban J connectivity index is 2.42. The lowest BCUT2D eigenvalue weighted by molar-refractivity contribution is -0.123. The lowest BCUT2D eigenvalue weighted by Crippen LogP contribution is -2.11.